The minimum Gasteiger partial charge on any atom is -0.374 e. The largest absolute Gasteiger partial charge is 0.374 e. The Balaban J connectivity index is 2.17. The van der Waals surface area contributed by atoms with Gasteiger partial charge < -0.3 is 15.4 Å². The number of anilines is 1. The van der Waals surface area contributed by atoms with Crippen molar-refractivity contribution in [3.63, 3.8) is 0 Å². The van der Waals surface area contributed by atoms with Crippen molar-refractivity contribution in [1.29, 1.82) is 0 Å². The van der Waals surface area contributed by atoms with Crippen LogP contribution in [-0.4, -0.2) is 30.8 Å². The number of halogens is 1. The van der Waals surface area contributed by atoms with Gasteiger partial charge in [-0.15, -0.1) is 0 Å². The van der Waals surface area contributed by atoms with E-state index in [1.54, 1.807) is 12.1 Å². The van der Waals surface area contributed by atoms with Crippen molar-refractivity contribution in [3.8, 4) is 0 Å². The van der Waals surface area contributed by atoms with Gasteiger partial charge in [0.25, 0.3) is 0 Å². The molecule has 1 fully saturated rings. The quantitative estimate of drug-likeness (QED) is 0.925. The summed E-state index contributed by atoms with van der Waals surface area (Å²) >= 11 is 0. The second-order valence-corrected chi connectivity index (χ2v) is 6.80. The molecule has 0 radical (unpaired) electrons. The van der Waals surface area contributed by atoms with Gasteiger partial charge in [-0.05, 0) is 45.9 Å². The molecule has 1 heterocycles. The van der Waals surface area contributed by atoms with Crippen LogP contribution in [0.5, 0.6) is 0 Å². The molecule has 1 aromatic carbocycles. The highest BCUT2D eigenvalue weighted by atomic mass is 19.1. The van der Waals surface area contributed by atoms with Crippen LogP contribution in [0.4, 0.5) is 10.1 Å². The number of hydrogen-bond acceptors (Lipinski definition) is 3. The van der Waals surface area contributed by atoms with E-state index in [1.165, 1.54) is 6.07 Å². The predicted octanol–water partition coefficient (Wildman–Crippen LogP) is 2.79. The van der Waals surface area contributed by atoms with Gasteiger partial charge in [-0.3, -0.25) is 0 Å². The third-order valence-electron chi connectivity index (χ3n) is 4.37. The molecule has 0 bridgehead atoms. The Bertz CT molecular complexity index is 487. The maximum Gasteiger partial charge on any atom is 0.125 e. The fraction of sp³-hybridized carbons (Fsp3) is 0.625. The predicted molar refractivity (Wildman–Crippen MR) is 80.4 cm³/mol. The Morgan fingerprint density at radius 2 is 1.90 bits per heavy atom. The second-order valence-electron chi connectivity index (χ2n) is 6.80. The highest BCUT2D eigenvalue weighted by molar-refractivity contribution is 5.45. The summed E-state index contributed by atoms with van der Waals surface area (Å²) in [5.41, 5.74) is 6.60. The average molecular weight is 280 g/mol. The van der Waals surface area contributed by atoms with E-state index < -0.39 is 0 Å². The van der Waals surface area contributed by atoms with Crippen molar-refractivity contribution >= 4 is 5.69 Å². The second kappa shape index (κ2) is 5.01. The molecule has 1 aromatic rings. The van der Waals surface area contributed by atoms with Gasteiger partial charge in [-0.25, -0.2) is 4.39 Å². The van der Waals surface area contributed by atoms with Gasteiger partial charge in [0.05, 0.1) is 11.2 Å². The lowest BCUT2D eigenvalue weighted by Gasteiger charge is -2.32. The molecule has 0 aliphatic carbocycles. The Morgan fingerprint density at radius 3 is 2.40 bits per heavy atom. The van der Waals surface area contributed by atoms with Crippen LogP contribution >= 0.6 is 0 Å². The molecule has 0 aromatic heterocycles. The SMILES string of the molecule is CN(CC1C(N)C(C)(C)OC1(C)C)c1cccc(F)c1. The zero-order chi connectivity index (χ0) is 15.1. The summed E-state index contributed by atoms with van der Waals surface area (Å²) in [6.45, 7) is 8.95. The lowest BCUT2D eigenvalue weighted by Crippen LogP contribution is -2.47. The standard InChI is InChI=1S/C16H25FN2O/c1-15(2)13(14(18)16(3,4)20-15)10-19(5)12-8-6-7-11(17)9-12/h6-9,13-14H,10,18H2,1-5H3. The number of hydrogen-bond donors (Lipinski definition) is 1. The maximum absolute atomic E-state index is 13.3. The van der Waals surface area contributed by atoms with Crippen molar-refractivity contribution in [2.24, 2.45) is 11.7 Å². The monoisotopic (exact) mass is 280 g/mol. The molecule has 1 aliphatic heterocycles. The maximum atomic E-state index is 13.3. The molecule has 20 heavy (non-hydrogen) atoms. The Morgan fingerprint density at radius 1 is 1.25 bits per heavy atom. The summed E-state index contributed by atoms with van der Waals surface area (Å²) in [7, 11) is 1.96. The normalized spacial score (nSPS) is 27.6. The molecule has 4 heteroatoms. The van der Waals surface area contributed by atoms with E-state index in [1.807, 2.05) is 31.9 Å². The molecule has 2 unspecified atom stereocenters. The van der Waals surface area contributed by atoms with E-state index in [-0.39, 0.29) is 29.0 Å². The van der Waals surface area contributed by atoms with Crippen LogP contribution in [0.25, 0.3) is 0 Å². The van der Waals surface area contributed by atoms with Crippen LogP contribution in [0.3, 0.4) is 0 Å². The number of rotatable bonds is 3. The summed E-state index contributed by atoms with van der Waals surface area (Å²) in [4.78, 5) is 2.04. The first-order chi connectivity index (χ1) is 9.13. The molecular formula is C16H25FN2O. The van der Waals surface area contributed by atoms with Crippen molar-refractivity contribution < 1.29 is 9.13 Å². The van der Waals surface area contributed by atoms with E-state index in [0.29, 0.717) is 0 Å². The zero-order valence-electron chi connectivity index (χ0n) is 13.0. The molecule has 2 atom stereocenters. The van der Waals surface area contributed by atoms with Crippen LogP contribution in [0, 0.1) is 11.7 Å². The first kappa shape index (κ1) is 15.3. The van der Waals surface area contributed by atoms with E-state index in [0.717, 1.165) is 12.2 Å². The summed E-state index contributed by atoms with van der Waals surface area (Å²) in [6, 6.07) is 6.58. The summed E-state index contributed by atoms with van der Waals surface area (Å²) in [6.07, 6.45) is 0. The van der Waals surface area contributed by atoms with Gasteiger partial charge in [0, 0.05) is 31.2 Å². The molecule has 0 amide bonds. The number of ether oxygens (including phenoxy) is 1. The van der Waals surface area contributed by atoms with Crippen LogP contribution in [-0.2, 0) is 4.74 Å². The van der Waals surface area contributed by atoms with Gasteiger partial charge in [-0.2, -0.15) is 0 Å². The van der Waals surface area contributed by atoms with Gasteiger partial charge in [0.1, 0.15) is 5.82 Å². The van der Waals surface area contributed by atoms with Crippen molar-refractivity contribution in [2.45, 2.75) is 44.9 Å². The third kappa shape index (κ3) is 2.81. The highest BCUT2D eigenvalue weighted by Crippen LogP contribution is 2.41. The van der Waals surface area contributed by atoms with Crippen LogP contribution in [0.2, 0.25) is 0 Å². The fourth-order valence-corrected chi connectivity index (χ4v) is 3.19. The Hall–Kier alpha value is -1.13. The van der Waals surface area contributed by atoms with E-state index in [9.17, 15) is 4.39 Å². The molecule has 0 saturated carbocycles. The molecule has 0 spiro atoms. The first-order valence-corrected chi connectivity index (χ1v) is 7.06. The minimum absolute atomic E-state index is 0.0477. The summed E-state index contributed by atoms with van der Waals surface area (Å²) in [5, 5.41) is 0. The number of benzene rings is 1. The topological polar surface area (TPSA) is 38.5 Å². The van der Waals surface area contributed by atoms with Crippen molar-refractivity contribution in [2.75, 3.05) is 18.5 Å². The fourth-order valence-electron chi connectivity index (χ4n) is 3.19. The lowest BCUT2D eigenvalue weighted by atomic mass is 9.82. The first-order valence-electron chi connectivity index (χ1n) is 7.06. The molecule has 1 aliphatic rings. The van der Waals surface area contributed by atoms with Crippen LogP contribution in [0.1, 0.15) is 27.7 Å². The molecule has 3 nitrogen and oxygen atoms in total. The van der Waals surface area contributed by atoms with Crippen molar-refractivity contribution in [1.82, 2.24) is 0 Å². The minimum atomic E-state index is -0.336. The number of nitrogens with zero attached hydrogens (tertiary/aromatic N) is 1. The molecule has 1 saturated heterocycles. The summed E-state index contributed by atoms with van der Waals surface area (Å²) < 4.78 is 19.4. The molecule has 2 rings (SSSR count). The van der Waals surface area contributed by atoms with Crippen LogP contribution < -0.4 is 10.6 Å². The Kier molecular flexibility index (Phi) is 3.82. The third-order valence-corrected chi connectivity index (χ3v) is 4.37. The molecule has 2 N–H and O–H groups in total. The van der Waals surface area contributed by atoms with Gasteiger partial charge in [-0.1, -0.05) is 6.07 Å². The lowest BCUT2D eigenvalue weighted by molar-refractivity contribution is -0.0756. The number of nitrogens with two attached hydrogens (primary N) is 1. The zero-order valence-corrected chi connectivity index (χ0v) is 13.0. The van der Waals surface area contributed by atoms with Crippen molar-refractivity contribution in [3.05, 3.63) is 30.1 Å². The van der Waals surface area contributed by atoms with Gasteiger partial charge in [0.2, 0.25) is 0 Å². The van der Waals surface area contributed by atoms with Gasteiger partial charge >= 0.3 is 0 Å². The molecule has 112 valence electrons. The summed E-state index contributed by atoms with van der Waals surface area (Å²) in [5.74, 6) is -0.0355. The smallest absolute Gasteiger partial charge is 0.125 e. The van der Waals surface area contributed by atoms with E-state index in [2.05, 4.69) is 13.8 Å². The van der Waals surface area contributed by atoms with E-state index in [4.69, 9.17) is 10.5 Å². The van der Waals surface area contributed by atoms with E-state index >= 15 is 0 Å². The molecular weight excluding hydrogens is 255 g/mol. The highest BCUT2D eigenvalue weighted by Gasteiger charge is 2.52. The van der Waals surface area contributed by atoms with Gasteiger partial charge in [0.15, 0.2) is 0 Å². The van der Waals surface area contributed by atoms with Crippen LogP contribution in [0.15, 0.2) is 24.3 Å². The Labute approximate surface area is 120 Å². The average Bonchev–Trinajstić information content (AvgIpc) is 2.47.